The predicted octanol–water partition coefficient (Wildman–Crippen LogP) is 0.973. The fourth-order valence-electron chi connectivity index (χ4n) is 4.95. The van der Waals surface area contributed by atoms with Gasteiger partial charge in [0.05, 0.1) is 19.8 Å². The van der Waals surface area contributed by atoms with E-state index in [-0.39, 0.29) is 0 Å². The number of piperazine rings is 1. The summed E-state index contributed by atoms with van der Waals surface area (Å²) < 4.78 is 5.45. The Kier molecular flexibility index (Phi) is 5.70. The van der Waals surface area contributed by atoms with Crippen LogP contribution in [0.3, 0.4) is 0 Å². The van der Waals surface area contributed by atoms with E-state index in [0.717, 1.165) is 83.9 Å². The number of hydrogen-bond acceptors (Lipinski definition) is 6. The van der Waals surface area contributed by atoms with E-state index in [1.54, 1.807) is 0 Å². The number of amides is 1. The monoisotopic (exact) mass is 399 g/mol. The zero-order valence-corrected chi connectivity index (χ0v) is 17.4. The summed E-state index contributed by atoms with van der Waals surface area (Å²) in [6, 6.07) is 5.14. The highest BCUT2D eigenvalue weighted by Crippen LogP contribution is 2.26. The van der Waals surface area contributed by atoms with Crippen LogP contribution < -0.4 is 4.90 Å². The Hall–Kier alpha value is -1.70. The van der Waals surface area contributed by atoms with Gasteiger partial charge in [-0.2, -0.15) is 0 Å². The number of carbonyl (C=O) groups excluding carboxylic acids is 1. The van der Waals surface area contributed by atoms with Gasteiger partial charge in [-0.3, -0.25) is 14.6 Å². The van der Waals surface area contributed by atoms with Crippen molar-refractivity contribution in [3.8, 4) is 0 Å². The van der Waals surface area contributed by atoms with Gasteiger partial charge >= 0.3 is 0 Å². The smallest absolute Gasteiger partial charge is 0.236 e. The number of fused-ring (bicyclic) bond motifs is 1. The number of pyridine rings is 1. The molecule has 4 aliphatic rings. The average Bonchev–Trinajstić information content (AvgIpc) is 2.73. The first-order chi connectivity index (χ1) is 14.3. The van der Waals surface area contributed by atoms with Crippen molar-refractivity contribution in [3.63, 3.8) is 0 Å². The van der Waals surface area contributed by atoms with Gasteiger partial charge in [-0.25, -0.2) is 4.98 Å². The number of carbonyl (C=O) groups is 1. The number of rotatable bonds is 4. The third-order valence-electron chi connectivity index (χ3n) is 7.06. The van der Waals surface area contributed by atoms with Crippen LogP contribution in [-0.4, -0.2) is 97.2 Å². The molecule has 5 rings (SSSR count). The highest BCUT2D eigenvalue weighted by molar-refractivity contribution is 5.78. The molecule has 0 atom stereocenters. The van der Waals surface area contributed by atoms with Gasteiger partial charge in [0.1, 0.15) is 5.82 Å². The zero-order valence-electron chi connectivity index (χ0n) is 17.4. The Morgan fingerprint density at radius 3 is 2.55 bits per heavy atom. The van der Waals surface area contributed by atoms with Crippen molar-refractivity contribution in [2.75, 3.05) is 70.5 Å². The first-order valence-electron chi connectivity index (χ1n) is 11.3. The van der Waals surface area contributed by atoms with Crippen LogP contribution in [0.5, 0.6) is 0 Å². The molecule has 3 aliphatic heterocycles. The van der Waals surface area contributed by atoms with E-state index in [1.165, 1.54) is 30.5 Å². The van der Waals surface area contributed by atoms with Gasteiger partial charge in [0.15, 0.2) is 0 Å². The van der Waals surface area contributed by atoms with Crippen LogP contribution in [0.25, 0.3) is 0 Å². The van der Waals surface area contributed by atoms with Crippen LogP contribution in [0, 0.1) is 0 Å². The second-order valence-corrected chi connectivity index (χ2v) is 8.84. The lowest BCUT2D eigenvalue weighted by molar-refractivity contribution is -0.135. The maximum atomic E-state index is 12.8. The lowest BCUT2D eigenvalue weighted by atomic mass is 9.91. The SMILES string of the molecule is O=C(CN1CCc2nc(N3CCOCC3)ccc2C1)N1CCN(C2CCC2)CC1. The molecule has 0 bridgehead atoms. The summed E-state index contributed by atoms with van der Waals surface area (Å²) in [5.41, 5.74) is 2.47. The van der Waals surface area contributed by atoms with Crippen LogP contribution in [0.1, 0.15) is 30.5 Å². The van der Waals surface area contributed by atoms with E-state index in [2.05, 4.69) is 31.7 Å². The molecule has 0 spiro atoms. The van der Waals surface area contributed by atoms with Crippen molar-refractivity contribution in [2.45, 2.75) is 38.3 Å². The topological polar surface area (TPSA) is 52.2 Å². The molecule has 0 aromatic carbocycles. The van der Waals surface area contributed by atoms with Gasteiger partial charge in [-0.1, -0.05) is 12.5 Å². The van der Waals surface area contributed by atoms with Gasteiger partial charge in [0, 0.05) is 70.5 Å². The summed E-state index contributed by atoms with van der Waals surface area (Å²) in [4.78, 5) is 27.0. The quantitative estimate of drug-likeness (QED) is 0.752. The van der Waals surface area contributed by atoms with Crippen molar-refractivity contribution in [2.24, 2.45) is 0 Å². The molecule has 1 saturated carbocycles. The molecular formula is C22H33N5O2. The highest BCUT2D eigenvalue weighted by Gasteiger charge is 2.30. The first-order valence-corrected chi connectivity index (χ1v) is 11.3. The average molecular weight is 400 g/mol. The number of hydrogen-bond donors (Lipinski definition) is 0. The molecule has 0 N–H and O–H groups in total. The molecule has 7 nitrogen and oxygen atoms in total. The van der Waals surface area contributed by atoms with Crippen molar-refractivity contribution >= 4 is 11.7 Å². The maximum absolute atomic E-state index is 12.8. The predicted molar refractivity (Wildman–Crippen MR) is 112 cm³/mol. The van der Waals surface area contributed by atoms with Gasteiger partial charge in [-0.05, 0) is 24.5 Å². The molecule has 3 fully saturated rings. The summed E-state index contributed by atoms with van der Waals surface area (Å²) >= 11 is 0. The molecule has 2 saturated heterocycles. The molecule has 7 heteroatoms. The number of anilines is 1. The molecule has 0 radical (unpaired) electrons. The fraction of sp³-hybridized carbons (Fsp3) is 0.727. The summed E-state index contributed by atoms with van der Waals surface area (Å²) in [5, 5.41) is 0. The maximum Gasteiger partial charge on any atom is 0.236 e. The summed E-state index contributed by atoms with van der Waals surface area (Å²) in [6.07, 6.45) is 5.00. The highest BCUT2D eigenvalue weighted by atomic mass is 16.5. The Morgan fingerprint density at radius 1 is 1.03 bits per heavy atom. The molecule has 29 heavy (non-hydrogen) atoms. The Balaban J connectivity index is 1.13. The first kappa shape index (κ1) is 19.3. The minimum absolute atomic E-state index is 0.291. The Labute approximate surface area is 173 Å². The van der Waals surface area contributed by atoms with Crippen LogP contribution in [-0.2, 0) is 22.5 Å². The largest absolute Gasteiger partial charge is 0.378 e. The molecule has 1 aliphatic carbocycles. The minimum atomic E-state index is 0.291. The van der Waals surface area contributed by atoms with Gasteiger partial charge < -0.3 is 14.5 Å². The number of ether oxygens (including phenoxy) is 1. The molecule has 4 heterocycles. The molecule has 0 unspecified atom stereocenters. The van der Waals surface area contributed by atoms with Gasteiger partial charge in [0.2, 0.25) is 5.91 Å². The van der Waals surface area contributed by atoms with E-state index >= 15 is 0 Å². The van der Waals surface area contributed by atoms with Crippen molar-refractivity contribution in [1.29, 1.82) is 0 Å². The third-order valence-corrected chi connectivity index (χ3v) is 7.06. The van der Waals surface area contributed by atoms with Crippen molar-refractivity contribution in [3.05, 3.63) is 23.4 Å². The fourth-order valence-corrected chi connectivity index (χ4v) is 4.95. The Morgan fingerprint density at radius 2 is 1.83 bits per heavy atom. The van der Waals surface area contributed by atoms with Crippen molar-refractivity contribution in [1.82, 2.24) is 19.7 Å². The number of nitrogens with zero attached hydrogens (tertiary/aromatic N) is 5. The second-order valence-electron chi connectivity index (χ2n) is 8.84. The van der Waals surface area contributed by atoms with E-state index in [4.69, 9.17) is 9.72 Å². The van der Waals surface area contributed by atoms with E-state index in [0.29, 0.717) is 12.5 Å². The summed E-state index contributed by atoms with van der Waals surface area (Å²) in [5.74, 6) is 1.36. The van der Waals surface area contributed by atoms with Crippen molar-refractivity contribution < 1.29 is 9.53 Å². The van der Waals surface area contributed by atoms with E-state index in [9.17, 15) is 4.79 Å². The lowest BCUT2D eigenvalue weighted by Gasteiger charge is -2.43. The molecule has 1 amide bonds. The molecular weight excluding hydrogens is 366 g/mol. The molecule has 158 valence electrons. The third kappa shape index (κ3) is 4.27. The minimum Gasteiger partial charge on any atom is -0.378 e. The van der Waals surface area contributed by atoms with Gasteiger partial charge in [-0.15, -0.1) is 0 Å². The lowest BCUT2D eigenvalue weighted by Crippen LogP contribution is -2.55. The van der Waals surface area contributed by atoms with Crippen LogP contribution in [0.15, 0.2) is 12.1 Å². The van der Waals surface area contributed by atoms with Gasteiger partial charge in [0.25, 0.3) is 0 Å². The normalized spacial score (nSPS) is 24.3. The Bertz CT molecular complexity index is 724. The van der Waals surface area contributed by atoms with E-state index < -0.39 is 0 Å². The standard InChI is InChI=1S/C22H33N5O2/c28-22(27-10-8-25(9-11-27)19-2-1-3-19)17-24-7-6-20-18(16-24)4-5-21(23-20)26-12-14-29-15-13-26/h4-5,19H,1-3,6-17H2. The number of aromatic nitrogens is 1. The van der Waals surface area contributed by atoms with E-state index in [1.807, 2.05) is 0 Å². The summed E-state index contributed by atoms with van der Waals surface area (Å²) in [6.45, 7) is 9.57. The molecule has 1 aromatic heterocycles. The summed E-state index contributed by atoms with van der Waals surface area (Å²) in [7, 11) is 0. The number of morpholine rings is 1. The van der Waals surface area contributed by atoms with Crippen LogP contribution in [0.2, 0.25) is 0 Å². The zero-order chi connectivity index (χ0) is 19.6. The van der Waals surface area contributed by atoms with Crippen LogP contribution >= 0.6 is 0 Å². The second kappa shape index (κ2) is 8.58. The van der Waals surface area contributed by atoms with Crippen LogP contribution in [0.4, 0.5) is 5.82 Å². The molecule has 1 aromatic rings.